The second-order valence-electron chi connectivity index (χ2n) is 8.54. The second-order valence-corrected chi connectivity index (χ2v) is 8.54. The van der Waals surface area contributed by atoms with Crippen molar-refractivity contribution < 1.29 is 19.1 Å². The molecule has 198 valence electrons. The lowest BCUT2D eigenvalue weighted by Crippen LogP contribution is -2.47. The van der Waals surface area contributed by atoms with Crippen LogP contribution in [0.1, 0.15) is 11.1 Å². The van der Waals surface area contributed by atoms with Crippen molar-refractivity contribution in [1.82, 2.24) is 20.2 Å². The number of nitrogens with zero attached hydrogens (tertiary/aromatic N) is 5. The minimum atomic E-state index is -0.346. The molecular formula is C27H26N8O4. The molecule has 0 aliphatic carbocycles. The van der Waals surface area contributed by atoms with Gasteiger partial charge in [-0.25, -0.2) is 9.78 Å². The highest BCUT2D eigenvalue weighted by Gasteiger charge is 2.34. The third-order valence-corrected chi connectivity index (χ3v) is 6.05. The van der Waals surface area contributed by atoms with Gasteiger partial charge in [0.15, 0.2) is 0 Å². The fourth-order valence-electron chi connectivity index (χ4n) is 4.12. The number of aromatic amines is 1. The number of amides is 3. The van der Waals surface area contributed by atoms with Crippen LogP contribution in [0.15, 0.2) is 73.7 Å². The van der Waals surface area contributed by atoms with Crippen molar-refractivity contribution in [1.29, 1.82) is 0 Å². The van der Waals surface area contributed by atoms with Gasteiger partial charge in [0, 0.05) is 41.7 Å². The van der Waals surface area contributed by atoms with Gasteiger partial charge in [-0.05, 0) is 18.2 Å². The summed E-state index contributed by atoms with van der Waals surface area (Å²) in [4.78, 5) is 38.1. The summed E-state index contributed by atoms with van der Waals surface area (Å²) in [5.41, 5.74) is 3.26. The molecule has 3 heterocycles. The number of hydrogen-bond donors (Lipinski definition) is 3. The van der Waals surface area contributed by atoms with Crippen LogP contribution >= 0.6 is 0 Å². The number of anilines is 5. The van der Waals surface area contributed by atoms with Crippen LogP contribution < -0.4 is 29.9 Å². The number of benzene rings is 2. The number of ether oxygens (including phenoxy) is 2. The van der Waals surface area contributed by atoms with Crippen LogP contribution in [-0.4, -0.2) is 46.3 Å². The Morgan fingerprint density at radius 1 is 1.13 bits per heavy atom. The molecule has 0 atom stereocenters. The third-order valence-electron chi connectivity index (χ3n) is 6.05. The Balaban J connectivity index is 1.52. The van der Waals surface area contributed by atoms with Gasteiger partial charge < -0.3 is 20.1 Å². The molecule has 12 nitrogen and oxygen atoms in total. The molecule has 0 spiro atoms. The lowest BCUT2D eigenvalue weighted by atomic mass is 10.1. The Morgan fingerprint density at radius 3 is 2.54 bits per heavy atom. The van der Waals surface area contributed by atoms with Crippen LogP contribution in [0.2, 0.25) is 0 Å². The molecule has 2 aromatic carbocycles. The van der Waals surface area contributed by atoms with Crippen molar-refractivity contribution in [2.45, 2.75) is 13.1 Å². The maximum absolute atomic E-state index is 13.9. The van der Waals surface area contributed by atoms with E-state index >= 15 is 0 Å². The van der Waals surface area contributed by atoms with Crippen LogP contribution in [-0.2, 0) is 17.9 Å². The lowest BCUT2D eigenvalue weighted by molar-refractivity contribution is -0.111. The number of rotatable bonds is 9. The highest BCUT2D eigenvalue weighted by Crippen LogP contribution is 2.36. The molecule has 4 aromatic rings. The average Bonchev–Trinajstić information content (AvgIpc) is 3.48. The molecule has 39 heavy (non-hydrogen) atoms. The summed E-state index contributed by atoms with van der Waals surface area (Å²) in [5, 5.41) is 12.7. The number of methoxy groups -OCH3 is 2. The molecular weight excluding hydrogens is 500 g/mol. The number of urea groups is 1. The molecule has 0 saturated heterocycles. The molecule has 1 aliphatic heterocycles. The van der Waals surface area contributed by atoms with E-state index in [1.807, 2.05) is 6.07 Å². The standard InChI is InChI=1S/C27H26N8O4/c1-4-24(36)31-22-7-5-6-8-23(22)32-26-28-14-18-16-34(19-9-20(38-2)11-21(10-19)39-3)27(37)35(25(18)33-26)15-17-12-29-30-13-17/h4-14H,1,15-16H2,2-3H3,(H,29,30)(H,31,36)(H,28,32,33). The van der Waals surface area contributed by atoms with E-state index in [0.717, 1.165) is 11.1 Å². The number of carbonyl (C=O) groups excluding carboxylic acids is 2. The normalized spacial score (nSPS) is 12.5. The zero-order valence-electron chi connectivity index (χ0n) is 21.3. The Bertz CT molecular complexity index is 1500. The first-order valence-corrected chi connectivity index (χ1v) is 11.9. The molecule has 12 heteroatoms. The SMILES string of the molecule is C=CC(=O)Nc1ccccc1Nc1ncc2c(n1)N(Cc1cn[nH]c1)C(=O)N(c1cc(OC)cc(OC)c1)C2. The van der Waals surface area contributed by atoms with E-state index in [-0.39, 0.29) is 31.0 Å². The minimum absolute atomic E-state index is 0.225. The van der Waals surface area contributed by atoms with Crippen LogP contribution in [0.3, 0.4) is 0 Å². The number of hydrogen-bond acceptors (Lipinski definition) is 8. The quantitative estimate of drug-likeness (QED) is 0.276. The first kappa shape index (κ1) is 25.3. The number of para-hydroxylation sites is 2. The van der Waals surface area contributed by atoms with Crippen molar-refractivity contribution in [2.24, 2.45) is 0 Å². The number of fused-ring (bicyclic) bond motifs is 1. The lowest BCUT2D eigenvalue weighted by Gasteiger charge is -2.36. The molecule has 3 amide bonds. The summed E-state index contributed by atoms with van der Waals surface area (Å²) in [6.07, 6.45) is 6.24. The van der Waals surface area contributed by atoms with Gasteiger partial charge in [-0.2, -0.15) is 10.1 Å². The Labute approximate surface area is 224 Å². The van der Waals surface area contributed by atoms with Crippen LogP contribution in [0.25, 0.3) is 0 Å². The topological polar surface area (TPSA) is 138 Å². The number of aromatic nitrogens is 4. The van der Waals surface area contributed by atoms with E-state index in [4.69, 9.17) is 14.5 Å². The maximum Gasteiger partial charge on any atom is 0.330 e. The fraction of sp³-hybridized carbons (Fsp3) is 0.148. The predicted octanol–water partition coefficient (Wildman–Crippen LogP) is 4.23. The highest BCUT2D eigenvalue weighted by molar-refractivity contribution is 6.05. The molecule has 0 bridgehead atoms. The molecule has 5 rings (SSSR count). The highest BCUT2D eigenvalue weighted by atomic mass is 16.5. The van der Waals surface area contributed by atoms with Crippen molar-refractivity contribution in [3.8, 4) is 11.5 Å². The fourth-order valence-corrected chi connectivity index (χ4v) is 4.12. The molecule has 0 fully saturated rings. The largest absolute Gasteiger partial charge is 0.497 e. The third kappa shape index (κ3) is 5.34. The Morgan fingerprint density at radius 2 is 1.87 bits per heavy atom. The van der Waals surface area contributed by atoms with Crippen molar-refractivity contribution in [2.75, 3.05) is 34.7 Å². The maximum atomic E-state index is 13.9. The van der Waals surface area contributed by atoms with Gasteiger partial charge in [0.25, 0.3) is 0 Å². The van der Waals surface area contributed by atoms with E-state index in [2.05, 4.69) is 32.4 Å². The van der Waals surface area contributed by atoms with Gasteiger partial charge in [0.05, 0.1) is 50.6 Å². The van der Waals surface area contributed by atoms with E-state index in [1.54, 1.807) is 79.0 Å². The molecule has 3 N–H and O–H groups in total. The van der Waals surface area contributed by atoms with Gasteiger partial charge in [-0.3, -0.25) is 19.7 Å². The van der Waals surface area contributed by atoms with Gasteiger partial charge in [-0.1, -0.05) is 18.7 Å². The molecule has 0 unspecified atom stereocenters. The number of nitrogens with one attached hydrogen (secondary N) is 3. The Hall–Kier alpha value is -5.39. The predicted molar refractivity (Wildman–Crippen MR) is 146 cm³/mol. The van der Waals surface area contributed by atoms with E-state index in [9.17, 15) is 9.59 Å². The zero-order chi connectivity index (χ0) is 27.4. The number of H-pyrrole nitrogens is 1. The summed E-state index contributed by atoms with van der Waals surface area (Å²) >= 11 is 0. The second kappa shape index (κ2) is 10.9. The molecule has 1 aliphatic rings. The first-order chi connectivity index (χ1) is 19.0. The van der Waals surface area contributed by atoms with Gasteiger partial charge >= 0.3 is 6.03 Å². The van der Waals surface area contributed by atoms with Crippen molar-refractivity contribution in [3.63, 3.8) is 0 Å². The monoisotopic (exact) mass is 526 g/mol. The van der Waals surface area contributed by atoms with Gasteiger partial charge in [0.1, 0.15) is 17.3 Å². The van der Waals surface area contributed by atoms with Gasteiger partial charge in [0.2, 0.25) is 11.9 Å². The van der Waals surface area contributed by atoms with Crippen molar-refractivity contribution in [3.05, 3.63) is 84.8 Å². The summed E-state index contributed by atoms with van der Waals surface area (Å²) < 4.78 is 10.8. The summed E-state index contributed by atoms with van der Waals surface area (Å²) in [7, 11) is 3.11. The minimum Gasteiger partial charge on any atom is -0.497 e. The average molecular weight is 527 g/mol. The summed E-state index contributed by atoms with van der Waals surface area (Å²) in [6, 6.07) is 12.1. The summed E-state index contributed by atoms with van der Waals surface area (Å²) in [6.45, 7) is 3.95. The van der Waals surface area contributed by atoms with Crippen LogP contribution in [0, 0.1) is 0 Å². The van der Waals surface area contributed by atoms with Crippen LogP contribution in [0.4, 0.5) is 33.6 Å². The molecule has 0 saturated carbocycles. The van der Waals surface area contributed by atoms with E-state index in [0.29, 0.717) is 34.4 Å². The Kier molecular flexibility index (Phi) is 7.08. The molecule has 2 aromatic heterocycles. The van der Waals surface area contributed by atoms with Crippen LogP contribution in [0.5, 0.6) is 11.5 Å². The van der Waals surface area contributed by atoms with E-state index in [1.165, 1.54) is 6.08 Å². The number of carbonyl (C=O) groups is 2. The first-order valence-electron chi connectivity index (χ1n) is 11.9. The van der Waals surface area contributed by atoms with E-state index < -0.39 is 0 Å². The van der Waals surface area contributed by atoms with Crippen molar-refractivity contribution >= 4 is 40.8 Å². The molecule has 0 radical (unpaired) electrons. The zero-order valence-corrected chi connectivity index (χ0v) is 21.3. The summed E-state index contributed by atoms with van der Waals surface area (Å²) in [5.74, 6) is 1.49. The smallest absolute Gasteiger partial charge is 0.330 e. The van der Waals surface area contributed by atoms with Gasteiger partial charge in [-0.15, -0.1) is 0 Å².